The maximum atomic E-state index is 11.1. The molecular weight excluding hydrogens is 250 g/mol. The molecule has 5 heteroatoms. The molecule has 0 bridgehead atoms. The predicted molar refractivity (Wildman–Crippen MR) is 54.6 cm³/mol. The van der Waals surface area contributed by atoms with Gasteiger partial charge < -0.3 is 14.9 Å². The van der Waals surface area contributed by atoms with E-state index in [1.807, 2.05) is 0 Å². The van der Waals surface area contributed by atoms with E-state index >= 15 is 0 Å². The third kappa shape index (κ3) is 2.85. The van der Waals surface area contributed by atoms with Crippen LogP contribution >= 0.6 is 15.9 Å². The molecule has 1 atom stereocenters. The van der Waals surface area contributed by atoms with Crippen molar-refractivity contribution in [3.63, 3.8) is 0 Å². The summed E-state index contributed by atoms with van der Waals surface area (Å²) in [7, 11) is 0. The van der Waals surface area contributed by atoms with Crippen LogP contribution in [-0.4, -0.2) is 12.6 Å². The summed E-state index contributed by atoms with van der Waals surface area (Å²) in [5, 5.41) is 0. The second-order valence-corrected chi connectivity index (χ2v) is 3.60. The average Bonchev–Trinajstić information content (AvgIpc) is 2.51. The largest absolute Gasteiger partial charge is 0.466 e. The molecule has 2 N–H and O–H groups in total. The fourth-order valence-corrected chi connectivity index (χ4v) is 1.56. The lowest BCUT2D eigenvalue weighted by Gasteiger charge is -2.08. The first-order valence-electron chi connectivity index (χ1n) is 4.29. The zero-order valence-electron chi connectivity index (χ0n) is 7.83. The zero-order chi connectivity index (χ0) is 10.6. The summed E-state index contributed by atoms with van der Waals surface area (Å²) >= 11 is 3.27. The summed E-state index contributed by atoms with van der Waals surface area (Å²) in [5.74, 6) is 0.251. The highest BCUT2D eigenvalue weighted by Gasteiger charge is 2.17. The maximum absolute atomic E-state index is 11.1. The van der Waals surface area contributed by atoms with Gasteiger partial charge in [-0.05, 0) is 28.9 Å². The Labute approximate surface area is 90.5 Å². The highest BCUT2D eigenvalue weighted by molar-refractivity contribution is 9.10. The molecule has 0 saturated carbocycles. The molecule has 0 amide bonds. The minimum absolute atomic E-state index is 0.125. The van der Waals surface area contributed by atoms with Crippen molar-refractivity contribution in [2.24, 2.45) is 5.73 Å². The van der Waals surface area contributed by atoms with Crippen LogP contribution in [0, 0.1) is 0 Å². The SMILES string of the molecule is CCOC(=O)C[C@@H](N)c1occc1Br. The number of hydrogen-bond acceptors (Lipinski definition) is 4. The zero-order valence-corrected chi connectivity index (χ0v) is 9.41. The van der Waals surface area contributed by atoms with Crippen LogP contribution in [0.1, 0.15) is 25.1 Å². The molecule has 1 rings (SSSR count). The monoisotopic (exact) mass is 261 g/mol. The van der Waals surface area contributed by atoms with E-state index in [1.165, 1.54) is 6.26 Å². The van der Waals surface area contributed by atoms with Gasteiger partial charge in [0.05, 0.1) is 29.8 Å². The van der Waals surface area contributed by atoms with E-state index < -0.39 is 6.04 Å². The number of carbonyl (C=O) groups excluding carboxylic acids is 1. The van der Waals surface area contributed by atoms with Crippen molar-refractivity contribution < 1.29 is 13.9 Å². The Bertz CT molecular complexity index is 311. The number of halogens is 1. The van der Waals surface area contributed by atoms with Crippen LogP contribution in [0.5, 0.6) is 0 Å². The Morgan fingerprint density at radius 1 is 1.79 bits per heavy atom. The number of nitrogens with two attached hydrogens (primary N) is 1. The number of esters is 1. The van der Waals surface area contributed by atoms with Crippen molar-refractivity contribution in [1.82, 2.24) is 0 Å². The van der Waals surface area contributed by atoms with Gasteiger partial charge in [0.1, 0.15) is 5.76 Å². The molecular formula is C9H12BrNO3. The Morgan fingerprint density at radius 3 is 3.00 bits per heavy atom. The van der Waals surface area contributed by atoms with Crippen molar-refractivity contribution in [3.05, 3.63) is 22.6 Å². The minimum Gasteiger partial charge on any atom is -0.466 e. The summed E-state index contributed by atoms with van der Waals surface area (Å²) < 4.78 is 10.7. The molecule has 0 radical (unpaired) electrons. The van der Waals surface area contributed by atoms with Gasteiger partial charge in [0.2, 0.25) is 0 Å². The second-order valence-electron chi connectivity index (χ2n) is 2.75. The predicted octanol–water partition coefficient (Wildman–Crippen LogP) is 2.00. The van der Waals surface area contributed by atoms with Crippen LogP contribution in [0.25, 0.3) is 0 Å². The van der Waals surface area contributed by atoms with Crippen LogP contribution in [-0.2, 0) is 9.53 Å². The van der Waals surface area contributed by atoms with Gasteiger partial charge in [-0.25, -0.2) is 0 Å². The van der Waals surface area contributed by atoms with Gasteiger partial charge in [-0.15, -0.1) is 0 Å². The molecule has 0 aromatic carbocycles. The van der Waals surface area contributed by atoms with Crippen molar-refractivity contribution in [2.45, 2.75) is 19.4 Å². The van der Waals surface area contributed by atoms with Crippen molar-refractivity contribution in [1.29, 1.82) is 0 Å². The molecule has 0 aliphatic rings. The first-order valence-corrected chi connectivity index (χ1v) is 5.08. The topological polar surface area (TPSA) is 65.5 Å². The van der Waals surface area contributed by atoms with Gasteiger partial charge in [0.25, 0.3) is 0 Å². The van der Waals surface area contributed by atoms with Gasteiger partial charge in [-0.1, -0.05) is 0 Å². The molecule has 1 heterocycles. The fourth-order valence-electron chi connectivity index (χ4n) is 1.06. The Kier molecular flexibility index (Phi) is 4.16. The van der Waals surface area contributed by atoms with Gasteiger partial charge in [0.15, 0.2) is 0 Å². The van der Waals surface area contributed by atoms with Crippen LogP contribution < -0.4 is 5.73 Å². The number of furan rings is 1. The van der Waals surface area contributed by atoms with Gasteiger partial charge in [-0.3, -0.25) is 4.79 Å². The van der Waals surface area contributed by atoms with Gasteiger partial charge in [0, 0.05) is 0 Å². The highest BCUT2D eigenvalue weighted by atomic mass is 79.9. The first-order chi connectivity index (χ1) is 6.65. The molecule has 0 saturated heterocycles. The van der Waals surface area contributed by atoms with Crippen LogP contribution in [0.4, 0.5) is 0 Å². The molecule has 0 aliphatic heterocycles. The lowest BCUT2D eigenvalue weighted by molar-refractivity contribution is -0.143. The third-order valence-corrected chi connectivity index (χ3v) is 2.33. The first kappa shape index (κ1) is 11.3. The molecule has 14 heavy (non-hydrogen) atoms. The van der Waals surface area contributed by atoms with Crippen molar-refractivity contribution in [2.75, 3.05) is 6.61 Å². The summed E-state index contributed by atoms with van der Waals surface area (Å²) in [4.78, 5) is 11.1. The lowest BCUT2D eigenvalue weighted by Crippen LogP contribution is -2.17. The van der Waals surface area contributed by atoms with Crippen molar-refractivity contribution >= 4 is 21.9 Å². The molecule has 4 nitrogen and oxygen atoms in total. The summed E-state index contributed by atoms with van der Waals surface area (Å²) in [5.41, 5.74) is 5.75. The molecule has 1 aromatic rings. The Morgan fingerprint density at radius 2 is 2.50 bits per heavy atom. The van der Waals surface area contributed by atoms with E-state index in [4.69, 9.17) is 14.9 Å². The maximum Gasteiger partial charge on any atom is 0.307 e. The summed E-state index contributed by atoms with van der Waals surface area (Å²) in [6, 6.07) is 1.28. The van der Waals surface area contributed by atoms with E-state index in [9.17, 15) is 4.79 Å². The standard InChI is InChI=1S/C9H12BrNO3/c1-2-13-8(12)5-7(11)9-6(10)3-4-14-9/h3-4,7H,2,5,11H2,1H3/t7-/m1/s1. The molecule has 78 valence electrons. The van der Waals surface area contributed by atoms with Crippen LogP contribution in [0.3, 0.4) is 0 Å². The van der Waals surface area contributed by atoms with E-state index in [-0.39, 0.29) is 12.4 Å². The van der Waals surface area contributed by atoms with Crippen LogP contribution in [0.2, 0.25) is 0 Å². The third-order valence-electron chi connectivity index (χ3n) is 1.67. The van der Waals surface area contributed by atoms with Gasteiger partial charge >= 0.3 is 5.97 Å². The van der Waals surface area contributed by atoms with Gasteiger partial charge in [-0.2, -0.15) is 0 Å². The molecule has 1 aromatic heterocycles. The normalized spacial score (nSPS) is 12.5. The Balaban J connectivity index is 2.54. The van der Waals surface area contributed by atoms with Crippen molar-refractivity contribution in [3.8, 4) is 0 Å². The summed E-state index contributed by atoms with van der Waals surface area (Å²) in [6.45, 7) is 2.12. The highest BCUT2D eigenvalue weighted by Crippen LogP contribution is 2.25. The average molecular weight is 262 g/mol. The molecule has 0 spiro atoms. The number of carbonyl (C=O) groups is 1. The van der Waals surface area contributed by atoms with E-state index in [2.05, 4.69) is 15.9 Å². The fraction of sp³-hybridized carbons (Fsp3) is 0.444. The lowest BCUT2D eigenvalue weighted by atomic mass is 10.2. The second kappa shape index (κ2) is 5.17. The minimum atomic E-state index is -0.460. The quantitative estimate of drug-likeness (QED) is 0.843. The number of rotatable bonds is 4. The smallest absolute Gasteiger partial charge is 0.307 e. The van der Waals surface area contributed by atoms with E-state index in [0.29, 0.717) is 12.4 Å². The van der Waals surface area contributed by atoms with E-state index in [0.717, 1.165) is 4.47 Å². The number of ether oxygens (including phenoxy) is 1. The Hall–Kier alpha value is -0.810. The molecule has 0 unspecified atom stereocenters. The number of hydrogen-bond donors (Lipinski definition) is 1. The molecule has 0 aliphatic carbocycles. The van der Waals surface area contributed by atoms with E-state index in [1.54, 1.807) is 13.0 Å². The molecule has 0 fully saturated rings. The summed E-state index contributed by atoms with van der Waals surface area (Å²) in [6.07, 6.45) is 1.64. The van der Waals surface area contributed by atoms with Crippen LogP contribution in [0.15, 0.2) is 21.2 Å².